The normalized spacial score (nSPS) is 14.2. The molecule has 152 valence electrons. The second-order valence-corrected chi connectivity index (χ2v) is 8.37. The van der Waals surface area contributed by atoms with Crippen molar-refractivity contribution in [3.05, 3.63) is 77.6 Å². The number of aromatic nitrogens is 1. The molecule has 5 rings (SSSR count). The number of methoxy groups -OCH3 is 1. The van der Waals surface area contributed by atoms with Crippen molar-refractivity contribution >= 4 is 21.6 Å². The molecule has 30 heavy (non-hydrogen) atoms. The number of benzene rings is 3. The molecule has 1 aliphatic heterocycles. The molecular formula is C24H21FN2O2S. The fourth-order valence-electron chi connectivity index (χ4n) is 3.79. The van der Waals surface area contributed by atoms with Crippen molar-refractivity contribution in [1.29, 1.82) is 0 Å². The van der Waals surface area contributed by atoms with E-state index in [1.54, 1.807) is 18.4 Å². The van der Waals surface area contributed by atoms with E-state index in [0.717, 1.165) is 63.0 Å². The third-order valence-electron chi connectivity index (χ3n) is 5.26. The van der Waals surface area contributed by atoms with Gasteiger partial charge in [-0.2, -0.15) is 0 Å². The van der Waals surface area contributed by atoms with Crippen molar-refractivity contribution < 1.29 is 13.9 Å². The number of ether oxygens (including phenoxy) is 2. The monoisotopic (exact) mass is 420 g/mol. The summed E-state index contributed by atoms with van der Waals surface area (Å²) in [7, 11) is 1.67. The first-order chi connectivity index (χ1) is 14.7. The third kappa shape index (κ3) is 3.76. The van der Waals surface area contributed by atoms with E-state index in [9.17, 15) is 4.39 Å². The lowest BCUT2D eigenvalue weighted by molar-refractivity contribution is 0.217. The van der Waals surface area contributed by atoms with Crippen molar-refractivity contribution in [2.75, 3.05) is 20.3 Å². The molecule has 4 nitrogen and oxygen atoms in total. The number of nitrogens with zero attached hydrogens (tertiary/aromatic N) is 2. The Morgan fingerprint density at radius 3 is 2.77 bits per heavy atom. The van der Waals surface area contributed by atoms with Crippen LogP contribution in [0.15, 0.2) is 60.7 Å². The molecule has 0 fully saturated rings. The summed E-state index contributed by atoms with van der Waals surface area (Å²) in [6.45, 7) is 2.81. The van der Waals surface area contributed by atoms with Crippen LogP contribution in [0.3, 0.4) is 0 Å². The van der Waals surface area contributed by atoms with Gasteiger partial charge in [0.05, 0.1) is 17.3 Å². The van der Waals surface area contributed by atoms with Crippen LogP contribution < -0.4 is 9.47 Å². The van der Waals surface area contributed by atoms with Gasteiger partial charge in [-0.05, 0) is 42.0 Å². The molecule has 0 atom stereocenters. The van der Waals surface area contributed by atoms with Crippen molar-refractivity contribution in [3.63, 3.8) is 0 Å². The highest BCUT2D eigenvalue weighted by Crippen LogP contribution is 2.40. The van der Waals surface area contributed by atoms with Crippen LogP contribution in [-0.2, 0) is 13.1 Å². The smallest absolute Gasteiger partial charge is 0.165 e. The predicted octanol–water partition coefficient (Wildman–Crippen LogP) is 5.51. The second kappa shape index (κ2) is 8.05. The van der Waals surface area contributed by atoms with E-state index in [0.29, 0.717) is 6.61 Å². The first-order valence-corrected chi connectivity index (χ1v) is 10.7. The van der Waals surface area contributed by atoms with Gasteiger partial charge in [0.1, 0.15) is 17.4 Å². The number of para-hydroxylation sites is 1. The summed E-state index contributed by atoms with van der Waals surface area (Å²) in [6.07, 6.45) is 0. The first kappa shape index (κ1) is 19.0. The zero-order valence-corrected chi connectivity index (χ0v) is 17.4. The van der Waals surface area contributed by atoms with Crippen LogP contribution >= 0.6 is 11.3 Å². The Morgan fingerprint density at radius 1 is 1.13 bits per heavy atom. The van der Waals surface area contributed by atoms with Gasteiger partial charge in [0.25, 0.3) is 0 Å². The van der Waals surface area contributed by atoms with Gasteiger partial charge in [0.2, 0.25) is 0 Å². The molecule has 0 saturated heterocycles. The zero-order valence-electron chi connectivity index (χ0n) is 16.6. The van der Waals surface area contributed by atoms with Crippen LogP contribution in [-0.4, -0.2) is 30.1 Å². The van der Waals surface area contributed by atoms with Gasteiger partial charge in [0.15, 0.2) is 11.5 Å². The predicted molar refractivity (Wildman–Crippen MR) is 118 cm³/mol. The maximum absolute atomic E-state index is 13.2. The average Bonchev–Trinajstić information content (AvgIpc) is 3.09. The zero-order chi connectivity index (χ0) is 20.5. The molecule has 0 N–H and O–H groups in total. The minimum atomic E-state index is -0.214. The van der Waals surface area contributed by atoms with Crippen LogP contribution in [0.5, 0.6) is 11.5 Å². The van der Waals surface area contributed by atoms with Gasteiger partial charge in [0, 0.05) is 30.8 Å². The number of hydrogen-bond acceptors (Lipinski definition) is 5. The summed E-state index contributed by atoms with van der Waals surface area (Å²) in [5.41, 5.74) is 4.18. The lowest BCUT2D eigenvalue weighted by atomic mass is 10.1. The van der Waals surface area contributed by atoms with E-state index in [-0.39, 0.29) is 5.82 Å². The van der Waals surface area contributed by atoms with E-state index < -0.39 is 0 Å². The summed E-state index contributed by atoms with van der Waals surface area (Å²) in [5.74, 6) is 1.31. The Hall–Kier alpha value is -2.96. The lowest BCUT2D eigenvalue weighted by Gasteiger charge is -2.19. The summed E-state index contributed by atoms with van der Waals surface area (Å²) >= 11 is 1.67. The number of halogens is 1. The molecule has 0 radical (unpaired) electrons. The highest BCUT2D eigenvalue weighted by molar-refractivity contribution is 7.21. The molecule has 0 amide bonds. The summed E-state index contributed by atoms with van der Waals surface area (Å²) in [6, 6.07) is 19.0. The maximum atomic E-state index is 13.2. The van der Waals surface area contributed by atoms with Gasteiger partial charge < -0.3 is 9.47 Å². The molecule has 4 aromatic rings. The fraction of sp³-hybridized carbons (Fsp3) is 0.208. The number of fused-ring (bicyclic) bond motifs is 2. The molecule has 0 bridgehead atoms. The molecule has 0 spiro atoms. The van der Waals surface area contributed by atoms with Crippen molar-refractivity contribution in [2.24, 2.45) is 0 Å². The summed E-state index contributed by atoms with van der Waals surface area (Å²) in [4.78, 5) is 7.10. The highest BCUT2D eigenvalue weighted by Gasteiger charge is 2.21. The van der Waals surface area contributed by atoms with Gasteiger partial charge in [-0.25, -0.2) is 9.37 Å². The molecule has 0 aliphatic carbocycles. The molecule has 6 heteroatoms. The van der Waals surface area contributed by atoms with Crippen molar-refractivity contribution in [1.82, 2.24) is 9.88 Å². The molecule has 0 saturated carbocycles. The second-order valence-electron chi connectivity index (χ2n) is 7.34. The molecule has 0 unspecified atom stereocenters. The van der Waals surface area contributed by atoms with E-state index in [2.05, 4.69) is 17.0 Å². The van der Waals surface area contributed by atoms with Gasteiger partial charge in [-0.1, -0.05) is 24.3 Å². The minimum Gasteiger partial charge on any atom is -0.493 e. The van der Waals surface area contributed by atoms with Crippen molar-refractivity contribution in [3.8, 4) is 22.1 Å². The minimum absolute atomic E-state index is 0.214. The van der Waals surface area contributed by atoms with Crippen LogP contribution in [0.2, 0.25) is 0 Å². The Morgan fingerprint density at radius 2 is 1.97 bits per heavy atom. The number of hydrogen-bond donors (Lipinski definition) is 0. The van der Waals surface area contributed by atoms with Crippen LogP contribution in [0.4, 0.5) is 4.39 Å². The largest absolute Gasteiger partial charge is 0.493 e. The Balaban J connectivity index is 1.49. The average molecular weight is 421 g/mol. The Kier molecular flexibility index (Phi) is 5.11. The lowest BCUT2D eigenvalue weighted by Crippen LogP contribution is -2.25. The van der Waals surface area contributed by atoms with E-state index >= 15 is 0 Å². The molecule has 3 aromatic carbocycles. The van der Waals surface area contributed by atoms with Crippen LogP contribution in [0.1, 0.15) is 11.1 Å². The maximum Gasteiger partial charge on any atom is 0.165 e. The molecule has 1 aliphatic rings. The first-order valence-electron chi connectivity index (χ1n) is 9.86. The topological polar surface area (TPSA) is 34.6 Å². The number of rotatable bonds is 4. The molecule has 2 heterocycles. The Bertz CT molecular complexity index is 1160. The molecular weight excluding hydrogens is 399 g/mol. The van der Waals surface area contributed by atoms with E-state index in [1.165, 1.54) is 12.1 Å². The summed E-state index contributed by atoms with van der Waals surface area (Å²) < 4.78 is 26.1. The van der Waals surface area contributed by atoms with Gasteiger partial charge in [-0.15, -0.1) is 11.3 Å². The van der Waals surface area contributed by atoms with E-state index in [4.69, 9.17) is 14.5 Å². The van der Waals surface area contributed by atoms with Crippen LogP contribution in [0.25, 0.3) is 20.8 Å². The standard InChI is InChI=1S/C24H21FN2O2S/c1-28-21-13-17(24-26-20-4-2-3-5-22(20)30-24)12-18-15-27(10-11-29-23(18)21)14-16-6-8-19(25)9-7-16/h2-9,12-13H,10-11,14-15H2,1H3. The third-order valence-corrected chi connectivity index (χ3v) is 6.35. The van der Waals surface area contributed by atoms with Gasteiger partial charge >= 0.3 is 0 Å². The SMILES string of the molecule is COc1cc(-c2nc3ccccc3s2)cc2c1OCCN(Cc1ccc(F)cc1)C2. The van der Waals surface area contributed by atoms with E-state index in [1.807, 2.05) is 36.4 Å². The molecule has 1 aromatic heterocycles. The Labute approximate surface area is 178 Å². The fourth-order valence-corrected chi connectivity index (χ4v) is 4.74. The quantitative estimate of drug-likeness (QED) is 0.436. The summed E-state index contributed by atoms with van der Waals surface area (Å²) in [5, 5.41) is 0.964. The number of thiazole rings is 1. The van der Waals surface area contributed by atoms with Gasteiger partial charge in [-0.3, -0.25) is 4.90 Å². The highest BCUT2D eigenvalue weighted by atomic mass is 32.1. The van der Waals surface area contributed by atoms with Crippen LogP contribution in [0, 0.1) is 5.82 Å². The van der Waals surface area contributed by atoms with Crippen molar-refractivity contribution in [2.45, 2.75) is 13.1 Å².